The summed E-state index contributed by atoms with van der Waals surface area (Å²) in [5.41, 5.74) is 1.22. The second-order valence-electron chi connectivity index (χ2n) is 4.65. The van der Waals surface area contributed by atoms with E-state index in [0.717, 1.165) is 5.56 Å². The Hall–Kier alpha value is -2.44. The summed E-state index contributed by atoms with van der Waals surface area (Å²) in [6.07, 6.45) is 0.201. The second kappa shape index (κ2) is 7.71. The van der Waals surface area contributed by atoms with E-state index in [1.165, 1.54) is 18.2 Å². The SMILES string of the molecule is O=C(Cc1ccccc1)NC(=S)Nc1ccc(C(=O)[O-])c(Cl)c1. The third-order valence-electron chi connectivity index (χ3n) is 2.91. The number of hydrogen-bond donors (Lipinski definition) is 2. The Labute approximate surface area is 143 Å². The Bertz CT molecular complexity index is 750. The maximum Gasteiger partial charge on any atom is 0.230 e. The molecule has 0 aliphatic rings. The molecule has 0 bridgehead atoms. The van der Waals surface area contributed by atoms with Gasteiger partial charge >= 0.3 is 0 Å². The smallest absolute Gasteiger partial charge is 0.230 e. The van der Waals surface area contributed by atoms with Crippen molar-refractivity contribution in [2.45, 2.75) is 6.42 Å². The fourth-order valence-corrected chi connectivity index (χ4v) is 2.36. The van der Waals surface area contributed by atoms with Crippen LogP contribution < -0.4 is 15.7 Å². The molecule has 23 heavy (non-hydrogen) atoms. The minimum Gasteiger partial charge on any atom is -0.545 e. The molecule has 118 valence electrons. The summed E-state index contributed by atoms with van der Waals surface area (Å²) in [6, 6.07) is 13.4. The lowest BCUT2D eigenvalue weighted by molar-refractivity contribution is -0.255. The Morgan fingerprint density at radius 1 is 1.13 bits per heavy atom. The zero-order valence-corrected chi connectivity index (χ0v) is 13.4. The first kappa shape index (κ1) is 16.9. The minimum absolute atomic E-state index is 0.0217. The number of carboxylic acid groups (broad SMARTS) is 1. The molecular formula is C16H12ClN2O3S-. The van der Waals surface area contributed by atoms with Crippen LogP contribution in [0.2, 0.25) is 5.02 Å². The molecule has 5 nitrogen and oxygen atoms in total. The number of rotatable bonds is 4. The van der Waals surface area contributed by atoms with Crippen LogP contribution in [0, 0.1) is 0 Å². The van der Waals surface area contributed by atoms with Gasteiger partial charge in [0.25, 0.3) is 0 Å². The molecule has 0 aliphatic carbocycles. The quantitative estimate of drug-likeness (QED) is 0.824. The van der Waals surface area contributed by atoms with Crippen molar-refractivity contribution in [2.75, 3.05) is 5.32 Å². The second-order valence-corrected chi connectivity index (χ2v) is 5.46. The summed E-state index contributed by atoms with van der Waals surface area (Å²) in [5.74, 6) is -1.62. The number of aromatic carboxylic acids is 1. The van der Waals surface area contributed by atoms with E-state index in [2.05, 4.69) is 10.6 Å². The average molecular weight is 348 g/mol. The number of benzene rings is 2. The van der Waals surface area contributed by atoms with Crippen LogP contribution in [-0.4, -0.2) is 17.0 Å². The summed E-state index contributed by atoms with van der Waals surface area (Å²) < 4.78 is 0. The number of halogens is 1. The van der Waals surface area contributed by atoms with Gasteiger partial charge in [-0.15, -0.1) is 0 Å². The summed E-state index contributed by atoms with van der Waals surface area (Å²) >= 11 is 10.9. The minimum atomic E-state index is -1.36. The van der Waals surface area contributed by atoms with Crippen molar-refractivity contribution in [1.82, 2.24) is 5.32 Å². The van der Waals surface area contributed by atoms with Gasteiger partial charge in [-0.2, -0.15) is 0 Å². The molecule has 0 saturated heterocycles. The van der Waals surface area contributed by atoms with Gasteiger partial charge in [0.05, 0.1) is 17.4 Å². The fraction of sp³-hybridized carbons (Fsp3) is 0.0625. The first-order valence-electron chi connectivity index (χ1n) is 6.61. The Kier molecular flexibility index (Phi) is 5.67. The van der Waals surface area contributed by atoms with Gasteiger partial charge in [0, 0.05) is 11.3 Å². The highest BCUT2D eigenvalue weighted by Gasteiger charge is 2.07. The van der Waals surface area contributed by atoms with Crippen LogP contribution in [0.1, 0.15) is 15.9 Å². The molecule has 7 heteroatoms. The fourth-order valence-electron chi connectivity index (χ4n) is 1.87. The molecule has 2 N–H and O–H groups in total. The van der Waals surface area contributed by atoms with Gasteiger partial charge in [0.15, 0.2) is 5.11 Å². The lowest BCUT2D eigenvalue weighted by atomic mass is 10.1. The highest BCUT2D eigenvalue weighted by Crippen LogP contribution is 2.20. The van der Waals surface area contributed by atoms with E-state index in [-0.39, 0.29) is 28.0 Å². The summed E-state index contributed by atoms with van der Waals surface area (Å²) in [7, 11) is 0. The van der Waals surface area contributed by atoms with E-state index in [4.69, 9.17) is 23.8 Å². The van der Waals surface area contributed by atoms with Gasteiger partial charge in [0.2, 0.25) is 5.91 Å². The molecule has 2 aromatic rings. The van der Waals surface area contributed by atoms with Crippen LogP contribution >= 0.6 is 23.8 Å². The molecule has 0 aromatic heterocycles. The molecule has 2 aromatic carbocycles. The molecule has 0 radical (unpaired) electrons. The normalized spacial score (nSPS) is 9.96. The average Bonchev–Trinajstić information content (AvgIpc) is 2.47. The standard InChI is InChI=1S/C16H13ClN2O3S/c17-13-9-11(6-7-12(13)15(21)22)18-16(23)19-14(20)8-10-4-2-1-3-5-10/h1-7,9H,8H2,(H,21,22)(H2,18,19,20,23)/p-1. The first-order valence-corrected chi connectivity index (χ1v) is 7.40. The van der Waals surface area contributed by atoms with Gasteiger partial charge < -0.3 is 20.5 Å². The van der Waals surface area contributed by atoms with Crippen LogP contribution in [0.5, 0.6) is 0 Å². The third-order valence-corrected chi connectivity index (χ3v) is 3.42. The number of carboxylic acids is 1. The van der Waals surface area contributed by atoms with Crippen molar-refractivity contribution in [2.24, 2.45) is 0 Å². The van der Waals surface area contributed by atoms with Crippen molar-refractivity contribution in [3.63, 3.8) is 0 Å². The van der Waals surface area contributed by atoms with E-state index in [1.54, 1.807) is 0 Å². The zero-order chi connectivity index (χ0) is 16.8. The topological polar surface area (TPSA) is 81.3 Å². The third kappa shape index (κ3) is 5.05. The van der Waals surface area contributed by atoms with Crippen LogP contribution in [0.3, 0.4) is 0 Å². The monoisotopic (exact) mass is 347 g/mol. The van der Waals surface area contributed by atoms with E-state index in [9.17, 15) is 14.7 Å². The Balaban J connectivity index is 1.93. The van der Waals surface area contributed by atoms with Gasteiger partial charge in [-0.1, -0.05) is 41.9 Å². The van der Waals surface area contributed by atoms with Gasteiger partial charge in [-0.25, -0.2) is 0 Å². The highest BCUT2D eigenvalue weighted by molar-refractivity contribution is 7.80. The molecule has 0 aliphatic heterocycles. The van der Waals surface area contributed by atoms with Crippen LogP contribution in [0.15, 0.2) is 48.5 Å². The van der Waals surface area contributed by atoms with E-state index in [1.807, 2.05) is 30.3 Å². The first-order chi connectivity index (χ1) is 11.0. The molecular weight excluding hydrogens is 336 g/mol. The largest absolute Gasteiger partial charge is 0.545 e. The number of amides is 1. The van der Waals surface area contributed by atoms with Gasteiger partial charge in [-0.05, 0) is 36.0 Å². The number of anilines is 1. The van der Waals surface area contributed by atoms with Gasteiger partial charge in [0.1, 0.15) is 0 Å². The van der Waals surface area contributed by atoms with Crippen molar-refractivity contribution in [3.05, 3.63) is 64.7 Å². The van der Waals surface area contributed by atoms with Crippen molar-refractivity contribution in [3.8, 4) is 0 Å². The lowest BCUT2D eigenvalue weighted by Gasteiger charge is -2.11. The Morgan fingerprint density at radius 3 is 2.43 bits per heavy atom. The van der Waals surface area contributed by atoms with Crippen LogP contribution in [-0.2, 0) is 11.2 Å². The number of carbonyl (C=O) groups is 2. The molecule has 0 fully saturated rings. The predicted molar refractivity (Wildman–Crippen MR) is 90.3 cm³/mol. The van der Waals surface area contributed by atoms with Crippen molar-refractivity contribution >= 4 is 46.5 Å². The highest BCUT2D eigenvalue weighted by atomic mass is 35.5. The van der Waals surface area contributed by atoms with E-state index < -0.39 is 5.97 Å². The maximum atomic E-state index is 11.9. The molecule has 2 rings (SSSR count). The molecule has 1 amide bonds. The van der Waals surface area contributed by atoms with Crippen molar-refractivity contribution < 1.29 is 14.7 Å². The molecule has 0 heterocycles. The Morgan fingerprint density at radius 2 is 1.83 bits per heavy atom. The maximum absolute atomic E-state index is 11.9. The van der Waals surface area contributed by atoms with Crippen molar-refractivity contribution in [1.29, 1.82) is 0 Å². The molecule has 0 atom stereocenters. The number of hydrogen-bond acceptors (Lipinski definition) is 4. The lowest BCUT2D eigenvalue weighted by Crippen LogP contribution is -2.35. The molecule has 0 spiro atoms. The number of carbonyl (C=O) groups excluding carboxylic acids is 2. The summed E-state index contributed by atoms with van der Waals surface area (Å²) in [6.45, 7) is 0. The van der Waals surface area contributed by atoms with E-state index in [0.29, 0.717) is 5.69 Å². The predicted octanol–water partition coefficient (Wildman–Crippen LogP) is 1.76. The number of nitrogens with one attached hydrogen (secondary N) is 2. The van der Waals surface area contributed by atoms with Crippen LogP contribution in [0.25, 0.3) is 0 Å². The number of thiocarbonyl (C=S) groups is 1. The summed E-state index contributed by atoms with van der Waals surface area (Å²) in [4.78, 5) is 22.6. The molecule has 0 saturated carbocycles. The molecule has 0 unspecified atom stereocenters. The van der Waals surface area contributed by atoms with Gasteiger partial charge in [-0.3, -0.25) is 4.79 Å². The summed E-state index contributed by atoms with van der Waals surface area (Å²) in [5, 5.41) is 16.2. The van der Waals surface area contributed by atoms with E-state index >= 15 is 0 Å². The zero-order valence-electron chi connectivity index (χ0n) is 11.8. The van der Waals surface area contributed by atoms with Crippen LogP contribution in [0.4, 0.5) is 5.69 Å².